The van der Waals surface area contributed by atoms with Crippen LogP contribution in [0.3, 0.4) is 0 Å². The highest BCUT2D eigenvalue weighted by molar-refractivity contribution is 4.81. The van der Waals surface area contributed by atoms with Crippen molar-refractivity contribution < 1.29 is 0 Å². The van der Waals surface area contributed by atoms with E-state index in [4.69, 9.17) is 0 Å². The molecule has 0 saturated carbocycles. The number of hydrogen-bond acceptors (Lipinski definition) is 0. The molecule has 0 radical (unpaired) electrons. The number of allylic oxidation sites excluding steroid dienone is 2. The van der Waals surface area contributed by atoms with E-state index in [0.717, 1.165) is 11.8 Å². The van der Waals surface area contributed by atoms with E-state index in [2.05, 4.69) is 39.8 Å². The third-order valence-corrected chi connectivity index (χ3v) is 6.48. The zero-order valence-electron chi connectivity index (χ0n) is 19.7. The second-order valence-corrected chi connectivity index (χ2v) is 8.93. The molecule has 0 aliphatic rings. The van der Waals surface area contributed by atoms with Gasteiger partial charge in [0.25, 0.3) is 0 Å². The molecule has 0 N–H and O–H groups in total. The molecular weight excluding hydrogens is 324 g/mol. The van der Waals surface area contributed by atoms with Gasteiger partial charge in [0, 0.05) is 0 Å². The molecule has 0 saturated heterocycles. The molecule has 0 heterocycles. The van der Waals surface area contributed by atoms with Gasteiger partial charge in [-0.1, -0.05) is 143 Å². The Labute approximate surface area is 174 Å². The van der Waals surface area contributed by atoms with Crippen LogP contribution in [0.5, 0.6) is 0 Å². The van der Waals surface area contributed by atoms with Crippen LogP contribution in [0.1, 0.15) is 150 Å². The number of hydrogen-bond donors (Lipinski definition) is 0. The van der Waals surface area contributed by atoms with Crippen LogP contribution in [0.4, 0.5) is 0 Å². The van der Waals surface area contributed by atoms with Crippen LogP contribution in [-0.4, -0.2) is 0 Å². The normalized spacial score (nSPS) is 14.1. The largest absolute Gasteiger partial charge is 0.0885 e. The van der Waals surface area contributed by atoms with Gasteiger partial charge in [0.1, 0.15) is 0 Å². The molecule has 27 heavy (non-hydrogen) atoms. The van der Waals surface area contributed by atoms with Gasteiger partial charge >= 0.3 is 0 Å². The lowest BCUT2D eigenvalue weighted by molar-refractivity contribution is 0.334. The summed E-state index contributed by atoms with van der Waals surface area (Å²) >= 11 is 0. The van der Waals surface area contributed by atoms with E-state index >= 15 is 0 Å². The van der Waals surface area contributed by atoms with Crippen molar-refractivity contribution in [2.75, 3.05) is 0 Å². The molecule has 0 aromatic carbocycles. The standard InChI is InChI=1S/C27H54/c1-5-9-11-13-15-17-19-21-23-27(8-4)25-24-26(7-3)22-20-18-16-14-12-10-6-2/h13,15,26-27H,5-12,14,16-25H2,1-4H3. The van der Waals surface area contributed by atoms with Gasteiger partial charge in [0.15, 0.2) is 0 Å². The Morgan fingerprint density at radius 3 is 1.41 bits per heavy atom. The molecule has 0 bridgehead atoms. The topological polar surface area (TPSA) is 0 Å². The lowest BCUT2D eigenvalue weighted by atomic mass is 9.87. The molecule has 2 atom stereocenters. The van der Waals surface area contributed by atoms with Crippen LogP contribution >= 0.6 is 0 Å². The first-order chi connectivity index (χ1) is 13.3. The van der Waals surface area contributed by atoms with Gasteiger partial charge in [-0.2, -0.15) is 0 Å². The van der Waals surface area contributed by atoms with Crippen LogP contribution < -0.4 is 0 Å². The van der Waals surface area contributed by atoms with E-state index in [1.54, 1.807) is 0 Å². The minimum atomic E-state index is 0.983. The molecule has 0 aromatic rings. The average molecular weight is 379 g/mol. The minimum Gasteiger partial charge on any atom is -0.0885 e. The van der Waals surface area contributed by atoms with Crippen LogP contribution in [0.15, 0.2) is 12.2 Å². The first kappa shape index (κ1) is 26.7. The van der Waals surface area contributed by atoms with Crippen LogP contribution in [0, 0.1) is 11.8 Å². The van der Waals surface area contributed by atoms with Crippen LogP contribution in [0.25, 0.3) is 0 Å². The summed E-state index contributed by atoms with van der Waals surface area (Å²) in [4.78, 5) is 0. The van der Waals surface area contributed by atoms with Crippen molar-refractivity contribution in [3.63, 3.8) is 0 Å². The fourth-order valence-corrected chi connectivity index (χ4v) is 4.22. The molecule has 0 rings (SSSR count). The van der Waals surface area contributed by atoms with Crippen molar-refractivity contribution in [1.29, 1.82) is 0 Å². The lowest BCUT2D eigenvalue weighted by Gasteiger charge is -2.19. The van der Waals surface area contributed by atoms with E-state index in [9.17, 15) is 0 Å². The van der Waals surface area contributed by atoms with Crippen molar-refractivity contribution in [2.24, 2.45) is 11.8 Å². The maximum Gasteiger partial charge on any atom is -0.0351 e. The third-order valence-electron chi connectivity index (χ3n) is 6.48. The van der Waals surface area contributed by atoms with Crippen LogP contribution in [-0.2, 0) is 0 Å². The molecule has 0 amide bonds. The summed E-state index contributed by atoms with van der Waals surface area (Å²) < 4.78 is 0. The van der Waals surface area contributed by atoms with Gasteiger partial charge in [-0.05, 0) is 31.1 Å². The molecule has 0 aliphatic carbocycles. The van der Waals surface area contributed by atoms with E-state index in [0.29, 0.717) is 0 Å². The predicted molar refractivity (Wildman–Crippen MR) is 127 cm³/mol. The smallest absolute Gasteiger partial charge is 0.0351 e. The zero-order valence-corrected chi connectivity index (χ0v) is 19.7. The SMILES string of the molecule is CCCCC=CCCCCC(CC)CCC(CC)CCCCCCCCC. The third kappa shape index (κ3) is 18.9. The molecular formula is C27H54. The Bertz CT molecular complexity index is 290. The number of rotatable bonds is 21. The van der Waals surface area contributed by atoms with Gasteiger partial charge in [-0.15, -0.1) is 0 Å². The molecule has 0 fully saturated rings. The molecule has 0 nitrogen and oxygen atoms in total. The second kappa shape index (κ2) is 22.0. The Kier molecular flexibility index (Phi) is 21.8. The summed E-state index contributed by atoms with van der Waals surface area (Å²) in [6, 6.07) is 0. The summed E-state index contributed by atoms with van der Waals surface area (Å²) in [6.07, 6.45) is 31.8. The zero-order chi connectivity index (χ0) is 20.0. The maximum atomic E-state index is 2.42. The van der Waals surface area contributed by atoms with Crippen molar-refractivity contribution >= 4 is 0 Å². The fourth-order valence-electron chi connectivity index (χ4n) is 4.22. The monoisotopic (exact) mass is 378 g/mol. The maximum absolute atomic E-state index is 2.42. The quantitative estimate of drug-likeness (QED) is 0.138. The Balaban J connectivity index is 3.69. The average Bonchev–Trinajstić information content (AvgIpc) is 2.69. The van der Waals surface area contributed by atoms with E-state index in [1.165, 1.54) is 122 Å². The van der Waals surface area contributed by atoms with E-state index in [-0.39, 0.29) is 0 Å². The highest BCUT2D eigenvalue weighted by Crippen LogP contribution is 2.26. The number of unbranched alkanes of at least 4 members (excludes halogenated alkanes) is 10. The first-order valence-electron chi connectivity index (χ1n) is 12.9. The molecule has 0 aliphatic heterocycles. The summed E-state index contributed by atoms with van der Waals surface area (Å²) in [6.45, 7) is 9.40. The lowest BCUT2D eigenvalue weighted by Crippen LogP contribution is -2.05. The Morgan fingerprint density at radius 2 is 0.889 bits per heavy atom. The highest BCUT2D eigenvalue weighted by atomic mass is 14.2. The molecule has 162 valence electrons. The van der Waals surface area contributed by atoms with Crippen molar-refractivity contribution in [2.45, 2.75) is 150 Å². The highest BCUT2D eigenvalue weighted by Gasteiger charge is 2.11. The van der Waals surface area contributed by atoms with Crippen LogP contribution in [0.2, 0.25) is 0 Å². The van der Waals surface area contributed by atoms with Gasteiger partial charge in [-0.25, -0.2) is 0 Å². The second-order valence-electron chi connectivity index (χ2n) is 8.93. The fraction of sp³-hybridized carbons (Fsp3) is 0.926. The summed E-state index contributed by atoms with van der Waals surface area (Å²) in [5.41, 5.74) is 0. The van der Waals surface area contributed by atoms with E-state index < -0.39 is 0 Å². The molecule has 0 spiro atoms. The molecule has 0 aromatic heterocycles. The summed E-state index contributed by atoms with van der Waals surface area (Å²) in [5, 5.41) is 0. The van der Waals surface area contributed by atoms with Gasteiger partial charge in [0.2, 0.25) is 0 Å². The van der Waals surface area contributed by atoms with Gasteiger partial charge in [0.05, 0.1) is 0 Å². The molecule has 0 heteroatoms. The summed E-state index contributed by atoms with van der Waals surface area (Å²) in [5.74, 6) is 1.98. The predicted octanol–water partition coefficient (Wildman–Crippen LogP) is 10.3. The Hall–Kier alpha value is -0.260. The minimum absolute atomic E-state index is 0.983. The van der Waals surface area contributed by atoms with Crippen molar-refractivity contribution in [1.82, 2.24) is 0 Å². The first-order valence-corrected chi connectivity index (χ1v) is 12.9. The molecule has 2 unspecified atom stereocenters. The van der Waals surface area contributed by atoms with Gasteiger partial charge in [-0.3, -0.25) is 0 Å². The van der Waals surface area contributed by atoms with E-state index in [1.807, 2.05) is 0 Å². The van der Waals surface area contributed by atoms with Crippen molar-refractivity contribution in [3.05, 3.63) is 12.2 Å². The Morgan fingerprint density at radius 1 is 0.444 bits per heavy atom. The van der Waals surface area contributed by atoms with Crippen molar-refractivity contribution in [3.8, 4) is 0 Å². The van der Waals surface area contributed by atoms with Gasteiger partial charge < -0.3 is 0 Å². The summed E-state index contributed by atoms with van der Waals surface area (Å²) in [7, 11) is 0.